The highest BCUT2D eigenvalue weighted by Gasteiger charge is 2.33. The summed E-state index contributed by atoms with van der Waals surface area (Å²) in [6.45, 7) is 3.44. The van der Waals surface area contributed by atoms with E-state index in [-0.39, 0.29) is 17.5 Å². The summed E-state index contributed by atoms with van der Waals surface area (Å²) in [6.07, 6.45) is 4.85. The van der Waals surface area contributed by atoms with Crippen molar-refractivity contribution in [2.24, 2.45) is 11.8 Å². The number of rotatable bonds is 6. The Morgan fingerprint density at radius 1 is 1.17 bits per heavy atom. The molecule has 6 heteroatoms. The van der Waals surface area contributed by atoms with Crippen LogP contribution < -0.4 is 0 Å². The second kappa shape index (κ2) is 6.00. The second-order valence-electron chi connectivity index (χ2n) is 6.97. The minimum Gasteiger partial charge on any atom is -0.335 e. The molecule has 0 unspecified atom stereocenters. The van der Waals surface area contributed by atoms with Crippen LogP contribution in [0.5, 0.6) is 0 Å². The van der Waals surface area contributed by atoms with Gasteiger partial charge in [-0.3, -0.25) is 4.79 Å². The van der Waals surface area contributed by atoms with E-state index in [2.05, 4.69) is 10.1 Å². The number of halogens is 1. The molecule has 0 radical (unpaired) electrons. The lowest BCUT2D eigenvalue weighted by molar-refractivity contribution is 0.0727. The predicted molar refractivity (Wildman–Crippen MR) is 87.4 cm³/mol. The van der Waals surface area contributed by atoms with Gasteiger partial charge in [-0.15, -0.1) is 5.10 Å². The van der Waals surface area contributed by atoms with Gasteiger partial charge in [-0.1, -0.05) is 0 Å². The number of amides is 1. The molecule has 1 amide bonds. The maximum absolute atomic E-state index is 13.1. The van der Waals surface area contributed by atoms with Crippen LogP contribution in [0.25, 0.3) is 5.69 Å². The van der Waals surface area contributed by atoms with Crippen LogP contribution >= 0.6 is 0 Å². The van der Waals surface area contributed by atoms with Gasteiger partial charge in [0.15, 0.2) is 0 Å². The lowest BCUT2D eigenvalue weighted by Crippen LogP contribution is -2.35. The minimum atomic E-state index is -0.298. The summed E-state index contributed by atoms with van der Waals surface area (Å²) in [5.41, 5.74) is 0.705. The van der Waals surface area contributed by atoms with Crippen LogP contribution in [-0.2, 0) is 0 Å². The zero-order valence-corrected chi connectivity index (χ0v) is 13.8. The molecule has 0 aliphatic heterocycles. The molecule has 0 bridgehead atoms. The highest BCUT2D eigenvalue weighted by atomic mass is 19.1. The van der Waals surface area contributed by atoms with E-state index in [1.54, 1.807) is 23.7 Å². The number of nitrogens with zero attached hydrogens (tertiary/aromatic N) is 4. The lowest BCUT2D eigenvalue weighted by Gasteiger charge is -2.20. The van der Waals surface area contributed by atoms with Crippen molar-refractivity contribution in [3.05, 3.63) is 41.7 Å². The molecule has 0 N–H and O–H groups in total. The summed E-state index contributed by atoms with van der Waals surface area (Å²) in [7, 11) is 0. The van der Waals surface area contributed by atoms with E-state index in [1.165, 1.54) is 37.8 Å². The van der Waals surface area contributed by atoms with Crippen molar-refractivity contribution in [3.63, 3.8) is 0 Å². The van der Waals surface area contributed by atoms with E-state index in [1.807, 2.05) is 4.90 Å². The van der Waals surface area contributed by atoms with Gasteiger partial charge in [-0.25, -0.2) is 14.1 Å². The van der Waals surface area contributed by atoms with Gasteiger partial charge in [0, 0.05) is 13.1 Å². The van der Waals surface area contributed by atoms with Crippen molar-refractivity contribution in [2.45, 2.75) is 32.6 Å². The van der Waals surface area contributed by atoms with Gasteiger partial charge in [-0.2, -0.15) is 0 Å². The van der Waals surface area contributed by atoms with Crippen LogP contribution in [0.3, 0.4) is 0 Å². The predicted octanol–water partition coefficient (Wildman–Crippen LogP) is 2.98. The van der Waals surface area contributed by atoms with Gasteiger partial charge in [0.05, 0.1) is 5.69 Å². The molecule has 0 saturated heterocycles. The number of aromatic nitrogens is 3. The molecular weight excluding hydrogens is 307 g/mol. The third kappa shape index (κ3) is 3.32. The van der Waals surface area contributed by atoms with Crippen molar-refractivity contribution >= 4 is 5.91 Å². The standard InChI is InChI=1S/C18H21FN4O/c1-12-20-17(21-23(12)16-8-6-15(19)7-9-16)18(24)22(10-13-2-3-13)11-14-4-5-14/h6-9,13-14H,2-5,10-11H2,1H3. The summed E-state index contributed by atoms with van der Waals surface area (Å²) < 4.78 is 14.7. The van der Waals surface area contributed by atoms with Crippen molar-refractivity contribution < 1.29 is 9.18 Å². The van der Waals surface area contributed by atoms with Crippen LogP contribution in [0.4, 0.5) is 4.39 Å². The number of hydrogen-bond acceptors (Lipinski definition) is 3. The molecule has 2 fully saturated rings. The highest BCUT2D eigenvalue weighted by molar-refractivity contribution is 5.90. The van der Waals surface area contributed by atoms with E-state index in [4.69, 9.17) is 0 Å². The molecule has 126 valence electrons. The van der Waals surface area contributed by atoms with Crippen LogP contribution in [0.15, 0.2) is 24.3 Å². The van der Waals surface area contributed by atoms with E-state index >= 15 is 0 Å². The van der Waals surface area contributed by atoms with Gasteiger partial charge in [0.25, 0.3) is 5.91 Å². The molecule has 2 saturated carbocycles. The second-order valence-corrected chi connectivity index (χ2v) is 6.97. The number of benzene rings is 1. The lowest BCUT2D eigenvalue weighted by atomic mass is 10.3. The fraction of sp³-hybridized carbons (Fsp3) is 0.500. The number of aryl methyl sites for hydroxylation is 1. The topological polar surface area (TPSA) is 51.0 Å². The molecule has 2 aliphatic carbocycles. The van der Waals surface area contributed by atoms with Crippen molar-refractivity contribution in [2.75, 3.05) is 13.1 Å². The van der Waals surface area contributed by atoms with E-state index in [0.29, 0.717) is 23.3 Å². The van der Waals surface area contributed by atoms with Crippen LogP contribution in [-0.4, -0.2) is 38.7 Å². The molecule has 24 heavy (non-hydrogen) atoms. The number of hydrogen-bond donors (Lipinski definition) is 0. The summed E-state index contributed by atoms with van der Waals surface area (Å²) >= 11 is 0. The smallest absolute Gasteiger partial charge is 0.293 e. The monoisotopic (exact) mass is 328 g/mol. The fourth-order valence-corrected chi connectivity index (χ4v) is 2.91. The minimum absolute atomic E-state index is 0.0854. The molecule has 5 nitrogen and oxygen atoms in total. The van der Waals surface area contributed by atoms with Gasteiger partial charge in [-0.05, 0) is 68.7 Å². The SMILES string of the molecule is Cc1nc(C(=O)N(CC2CC2)CC2CC2)nn1-c1ccc(F)cc1. The first-order valence-corrected chi connectivity index (χ1v) is 8.59. The van der Waals surface area contributed by atoms with E-state index < -0.39 is 0 Å². The Labute approximate surface area is 140 Å². The Balaban J connectivity index is 1.56. The highest BCUT2D eigenvalue weighted by Crippen LogP contribution is 2.34. The zero-order chi connectivity index (χ0) is 16.7. The third-order valence-corrected chi connectivity index (χ3v) is 4.67. The van der Waals surface area contributed by atoms with Crippen LogP contribution in [0.2, 0.25) is 0 Å². The summed E-state index contributed by atoms with van der Waals surface area (Å²) in [5, 5.41) is 4.38. The van der Waals surface area contributed by atoms with Crippen molar-refractivity contribution in [1.82, 2.24) is 19.7 Å². The Bertz CT molecular complexity index is 733. The first kappa shape index (κ1) is 15.3. The molecule has 1 aromatic carbocycles. The summed E-state index contributed by atoms with van der Waals surface area (Å²) in [5.74, 6) is 1.77. The Morgan fingerprint density at radius 3 is 2.29 bits per heavy atom. The molecule has 4 rings (SSSR count). The van der Waals surface area contributed by atoms with Gasteiger partial charge < -0.3 is 4.90 Å². The largest absolute Gasteiger partial charge is 0.335 e. The first-order chi connectivity index (χ1) is 11.6. The zero-order valence-electron chi connectivity index (χ0n) is 13.8. The normalized spacial score (nSPS) is 17.1. The molecule has 2 aromatic rings. The molecule has 1 aromatic heterocycles. The molecule has 0 atom stereocenters. The molecule has 0 spiro atoms. The maximum Gasteiger partial charge on any atom is 0.293 e. The number of carbonyl (C=O) groups is 1. The molecule has 1 heterocycles. The van der Waals surface area contributed by atoms with Crippen molar-refractivity contribution in [1.29, 1.82) is 0 Å². The quantitative estimate of drug-likeness (QED) is 0.819. The molecule has 2 aliphatic rings. The van der Waals surface area contributed by atoms with Crippen molar-refractivity contribution in [3.8, 4) is 5.69 Å². The van der Waals surface area contributed by atoms with Gasteiger partial charge in [0.2, 0.25) is 5.82 Å². The van der Waals surface area contributed by atoms with Crippen LogP contribution in [0, 0.1) is 24.6 Å². The summed E-state index contributed by atoms with van der Waals surface area (Å²) in [4.78, 5) is 19.1. The third-order valence-electron chi connectivity index (χ3n) is 4.67. The Hall–Kier alpha value is -2.24. The Morgan fingerprint density at radius 2 is 1.75 bits per heavy atom. The average Bonchev–Trinajstić information content (AvgIpc) is 3.49. The van der Waals surface area contributed by atoms with Crippen LogP contribution in [0.1, 0.15) is 42.1 Å². The van der Waals surface area contributed by atoms with Gasteiger partial charge in [0.1, 0.15) is 11.6 Å². The molecular formula is C18H21FN4O. The average molecular weight is 328 g/mol. The maximum atomic E-state index is 13.1. The Kier molecular flexibility index (Phi) is 3.82. The number of carbonyl (C=O) groups excluding carboxylic acids is 1. The first-order valence-electron chi connectivity index (χ1n) is 8.59. The fourth-order valence-electron chi connectivity index (χ4n) is 2.91. The summed E-state index contributed by atoms with van der Waals surface area (Å²) in [6, 6.07) is 6.03. The van der Waals surface area contributed by atoms with Gasteiger partial charge >= 0.3 is 0 Å². The van der Waals surface area contributed by atoms with E-state index in [0.717, 1.165) is 13.1 Å². The van der Waals surface area contributed by atoms with E-state index in [9.17, 15) is 9.18 Å².